The van der Waals surface area contributed by atoms with Crippen molar-refractivity contribution in [3.8, 4) is 0 Å². The van der Waals surface area contributed by atoms with Crippen molar-refractivity contribution in [1.29, 1.82) is 0 Å². The van der Waals surface area contributed by atoms with E-state index in [1.165, 1.54) is 18.4 Å². The Bertz CT molecular complexity index is 446. The zero-order valence-corrected chi connectivity index (χ0v) is 13.9. The van der Waals surface area contributed by atoms with Crippen LogP contribution in [0.2, 0.25) is 0 Å². The third-order valence-corrected chi connectivity index (χ3v) is 4.10. The van der Waals surface area contributed by atoms with Gasteiger partial charge in [-0.2, -0.15) is 0 Å². The second-order valence-electron chi connectivity index (χ2n) is 6.14. The number of amides is 1. The number of benzene rings is 1. The summed E-state index contributed by atoms with van der Waals surface area (Å²) in [6, 6.07) is 8.34. The molecule has 1 atom stereocenters. The van der Waals surface area contributed by atoms with Crippen LogP contribution in [0.4, 0.5) is 0 Å². The normalized spacial score (nSPS) is 17.9. The molecule has 0 saturated carbocycles. The van der Waals surface area contributed by atoms with E-state index in [0.29, 0.717) is 0 Å². The first-order valence-electron chi connectivity index (χ1n) is 8.55. The SMILES string of the molecule is CCCN(CCC)Cc1ccc(C(=O)N[C@@H]2CCNC2)cc1. The summed E-state index contributed by atoms with van der Waals surface area (Å²) < 4.78 is 0. The van der Waals surface area contributed by atoms with Gasteiger partial charge in [-0.25, -0.2) is 0 Å². The molecule has 2 N–H and O–H groups in total. The Balaban J connectivity index is 1.89. The van der Waals surface area contributed by atoms with E-state index in [0.717, 1.165) is 44.7 Å². The molecule has 1 aromatic carbocycles. The topological polar surface area (TPSA) is 44.4 Å². The van der Waals surface area contributed by atoms with Gasteiger partial charge in [-0.3, -0.25) is 9.69 Å². The second-order valence-corrected chi connectivity index (χ2v) is 6.14. The first-order chi connectivity index (χ1) is 10.7. The van der Waals surface area contributed by atoms with Crippen LogP contribution in [-0.4, -0.2) is 43.0 Å². The van der Waals surface area contributed by atoms with Crippen molar-refractivity contribution in [3.05, 3.63) is 35.4 Å². The molecule has 0 aromatic heterocycles. The fourth-order valence-corrected chi connectivity index (χ4v) is 2.97. The van der Waals surface area contributed by atoms with Crippen molar-refractivity contribution in [2.45, 2.75) is 45.7 Å². The van der Waals surface area contributed by atoms with Gasteiger partial charge in [0.05, 0.1) is 0 Å². The van der Waals surface area contributed by atoms with Gasteiger partial charge in [0.25, 0.3) is 5.91 Å². The van der Waals surface area contributed by atoms with Gasteiger partial charge >= 0.3 is 0 Å². The molecule has 22 heavy (non-hydrogen) atoms. The number of nitrogens with one attached hydrogen (secondary N) is 2. The maximum atomic E-state index is 12.2. The summed E-state index contributed by atoms with van der Waals surface area (Å²) in [5, 5.41) is 6.35. The van der Waals surface area contributed by atoms with Crippen LogP contribution in [0.5, 0.6) is 0 Å². The van der Waals surface area contributed by atoms with E-state index in [9.17, 15) is 4.79 Å². The highest BCUT2D eigenvalue weighted by molar-refractivity contribution is 5.94. The lowest BCUT2D eigenvalue weighted by molar-refractivity contribution is 0.0940. The molecule has 1 saturated heterocycles. The first kappa shape index (κ1) is 17.0. The second kappa shape index (κ2) is 8.91. The molecular formula is C18H29N3O. The van der Waals surface area contributed by atoms with Crippen LogP contribution in [0.15, 0.2) is 24.3 Å². The van der Waals surface area contributed by atoms with Crippen LogP contribution in [0, 0.1) is 0 Å². The molecule has 2 rings (SSSR count). The van der Waals surface area contributed by atoms with E-state index >= 15 is 0 Å². The number of carbonyl (C=O) groups excluding carboxylic acids is 1. The molecule has 4 nitrogen and oxygen atoms in total. The summed E-state index contributed by atoms with van der Waals surface area (Å²) in [6.07, 6.45) is 3.37. The van der Waals surface area contributed by atoms with Crippen molar-refractivity contribution in [1.82, 2.24) is 15.5 Å². The van der Waals surface area contributed by atoms with Crippen LogP contribution in [0.25, 0.3) is 0 Å². The highest BCUT2D eigenvalue weighted by atomic mass is 16.1. The average Bonchev–Trinajstić information content (AvgIpc) is 3.01. The van der Waals surface area contributed by atoms with Gasteiger partial charge in [0.2, 0.25) is 0 Å². The predicted molar refractivity (Wildman–Crippen MR) is 91.0 cm³/mol. The molecule has 1 fully saturated rings. The van der Waals surface area contributed by atoms with Crippen LogP contribution < -0.4 is 10.6 Å². The maximum Gasteiger partial charge on any atom is 0.251 e. The van der Waals surface area contributed by atoms with Crippen molar-refractivity contribution in [2.75, 3.05) is 26.2 Å². The molecule has 0 unspecified atom stereocenters. The Morgan fingerprint density at radius 3 is 2.45 bits per heavy atom. The van der Waals surface area contributed by atoms with Gasteiger partial charge in [0.15, 0.2) is 0 Å². The minimum Gasteiger partial charge on any atom is -0.348 e. The number of carbonyl (C=O) groups is 1. The molecule has 1 aromatic rings. The summed E-state index contributed by atoms with van der Waals surface area (Å²) in [5.41, 5.74) is 2.04. The molecule has 1 aliphatic rings. The molecule has 0 bridgehead atoms. The summed E-state index contributed by atoms with van der Waals surface area (Å²) in [5.74, 6) is 0.0409. The molecule has 1 heterocycles. The Hall–Kier alpha value is -1.39. The molecular weight excluding hydrogens is 274 g/mol. The van der Waals surface area contributed by atoms with Gasteiger partial charge in [-0.1, -0.05) is 26.0 Å². The lowest BCUT2D eigenvalue weighted by atomic mass is 10.1. The summed E-state index contributed by atoms with van der Waals surface area (Å²) >= 11 is 0. The number of hydrogen-bond acceptors (Lipinski definition) is 3. The van der Waals surface area contributed by atoms with Gasteiger partial charge in [0.1, 0.15) is 0 Å². The third kappa shape index (κ3) is 5.11. The van der Waals surface area contributed by atoms with E-state index in [1.54, 1.807) is 0 Å². The maximum absolute atomic E-state index is 12.2. The zero-order valence-electron chi connectivity index (χ0n) is 13.9. The van der Waals surface area contributed by atoms with E-state index in [2.05, 4.69) is 41.5 Å². The smallest absolute Gasteiger partial charge is 0.251 e. The fourth-order valence-electron chi connectivity index (χ4n) is 2.97. The van der Waals surface area contributed by atoms with Crippen LogP contribution in [0.3, 0.4) is 0 Å². The molecule has 1 amide bonds. The van der Waals surface area contributed by atoms with Crippen molar-refractivity contribution in [2.24, 2.45) is 0 Å². The number of nitrogens with zero attached hydrogens (tertiary/aromatic N) is 1. The molecule has 0 radical (unpaired) electrons. The quantitative estimate of drug-likeness (QED) is 0.775. The summed E-state index contributed by atoms with van der Waals surface area (Å²) in [7, 11) is 0. The highest BCUT2D eigenvalue weighted by Gasteiger charge is 2.17. The summed E-state index contributed by atoms with van der Waals surface area (Å²) in [6.45, 7) is 9.54. The van der Waals surface area contributed by atoms with Crippen molar-refractivity contribution >= 4 is 5.91 Å². The Kier molecular flexibility index (Phi) is 6.87. The van der Waals surface area contributed by atoms with E-state index < -0.39 is 0 Å². The van der Waals surface area contributed by atoms with Crippen LogP contribution in [-0.2, 0) is 6.54 Å². The van der Waals surface area contributed by atoms with Gasteiger partial charge in [0, 0.05) is 24.7 Å². The minimum absolute atomic E-state index is 0.0409. The third-order valence-electron chi connectivity index (χ3n) is 4.10. The predicted octanol–water partition coefficient (Wildman–Crippen LogP) is 2.40. The van der Waals surface area contributed by atoms with E-state index in [-0.39, 0.29) is 11.9 Å². The monoisotopic (exact) mass is 303 g/mol. The largest absolute Gasteiger partial charge is 0.348 e. The van der Waals surface area contributed by atoms with Gasteiger partial charge < -0.3 is 10.6 Å². The Morgan fingerprint density at radius 2 is 1.91 bits per heavy atom. The lowest BCUT2D eigenvalue weighted by Crippen LogP contribution is -2.36. The number of hydrogen-bond donors (Lipinski definition) is 2. The molecule has 122 valence electrons. The molecule has 1 aliphatic heterocycles. The van der Waals surface area contributed by atoms with E-state index in [4.69, 9.17) is 0 Å². The van der Waals surface area contributed by atoms with Crippen LogP contribution >= 0.6 is 0 Å². The van der Waals surface area contributed by atoms with Gasteiger partial charge in [-0.05, 0) is 56.6 Å². The van der Waals surface area contributed by atoms with Crippen LogP contribution in [0.1, 0.15) is 49.0 Å². The molecule has 0 aliphatic carbocycles. The molecule has 0 spiro atoms. The Labute approximate surface area is 134 Å². The Morgan fingerprint density at radius 1 is 1.23 bits per heavy atom. The first-order valence-corrected chi connectivity index (χ1v) is 8.55. The standard InChI is InChI=1S/C18H29N3O/c1-3-11-21(12-4-2)14-15-5-7-16(8-6-15)18(22)20-17-9-10-19-13-17/h5-8,17,19H,3-4,9-14H2,1-2H3,(H,20,22)/t17-/m1/s1. The lowest BCUT2D eigenvalue weighted by Gasteiger charge is -2.21. The van der Waals surface area contributed by atoms with E-state index in [1.807, 2.05) is 12.1 Å². The zero-order chi connectivity index (χ0) is 15.8. The molecule has 4 heteroatoms. The minimum atomic E-state index is 0.0409. The van der Waals surface area contributed by atoms with Crippen molar-refractivity contribution in [3.63, 3.8) is 0 Å². The highest BCUT2D eigenvalue weighted by Crippen LogP contribution is 2.09. The fraction of sp³-hybridized carbons (Fsp3) is 0.611. The number of rotatable bonds is 8. The average molecular weight is 303 g/mol. The van der Waals surface area contributed by atoms with Crippen molar-refractivity contribution < 1.29 is 4.79 Å². The van der Waals surface area contributed by atoms with Gasteiger partial charge in [-0.15, -0.1) is 0 Å². The summed E-state index contributed by atoms with van der Waals surface area (Å²) in [4.78, 5) is 14.7.